The van der Waals surface area contributed by atoms with Gasteiger partial charge in [0.05, 0.1) is 5.92 Å². The van der Waals surface area contributed by atoms with E-state index >= 15 is 0 Å². The van der Waals surface area contributed by atoms with E-state index in [-0.39, 0.29) is 24.2 Å². The lowest BCUT2D eigenvalue weighted by molar-refractivity contribution is -0.122. The number of nitrogens with one attached hydrogen (secondary N) is 1. The molecule has 2 amide bonds. The maximum atomic E-state index is 12.6. The largest absolute Gasteiger partial charge is 0.457 e. The van der Waals surface area contributed by atoms with E-state index in [1.54, 1.807) is 17.0 Å². The van der Waals surface area contributed by atoms with Gasteiger partial charge in [-0.15, -0.1) is 0 Å². The molecule has 0 bridgehead atoms. The fraction of sp³-hybridized carbons (Fsp3) is 0.167. The molecule has 0 spiro atoms. The fourth-order valence-corrected chi connectivity index (χ4v) is 3.39. The van der Waals surface area contributed by atoms with E-state index in [2.05, 4.69) is 5.32 Å². The summed E-state index contributed by atoms with van der Waals surface area (Å²) in [5.74, 6) is 0.951. The zero-order valence-electron chi connectivity index (χ0n) is 16.2. The Morgan fingerprint density at radius 2 is 1.66 bits per heavy atom. The Bertz CT molecular complexity index is 1020. The molecular weight excluding hydrogens is 364 g/mol. The molecule has 3 aromatic carbocycles. The number of aryl methyl sites for hydroxylation is 1. The molecule has 5 heteroatoms. The molecule has 146 valence electrons. The molecule has 1 atom stereocenters. The summed E-state index contributed by atoms with van der Waals surface area (Å²) in [6.07, 6.45) is 0.217. The SMILES string of the molecule is Cc1ccccc1Oc1ccc(NC(=O)[C@@H]2CC(=O)N(c3ccccc3)C2)cc1. The molecule has 1 aliphatic heterocycles. The van der Waals surface area contributed by atoms with Gasteiger partial charge in [0.2, 0.25) is 11.8 Å². The Hall–Kier alpha value is -3.60. The number of hydrogen-bond donors (Lipinski definition) is 1. The van der Waals surface area contributed by atoms with Crippen LogP contribution < -0.4 is 15.0 Å². The van der Waals surface area contributed by atoms with Crippen LogP contribution in [-0.4, -0.2) is 18.4 Å². The van der Waals surface area contributed by atoms with E-state index in [4.69, 9.17) is 4.74 Å². The second kappa shape index (κ2) is 8.19. The van der Waals surface area contributed by atoms with Gasteiger partial charge in [-0.2, -0.15) is 0 Å². The second-order valence-corrected chi connectivity index (χ2v) is 7.12. The number of amides is 2. The number of rotatable bonds is 5. The van der Waals surface area contributed by atoms with Crippen LogP contribution in [0.4, 0.5) is 11.4 Å². The highest BCUT2D eigenvalue weighted by Crippen LogP contribution is 2.28. The smallest absolute Gasteiger partial charge is 0.229 e. The van der Waals surface area contributed by atoms with E-state index in [1.807, 2.05) is 73.7 Å². The first kappa shape index (κ1) is 18.7. The maximum Gasteiger partial charge on any atom is 0.229 e. The number of nitrogens with zero attached hydrogens (tertiary/aromatic N) is 1. The molecule has 0 aromatic heterocycles. The molecule has 0 radical (unpaired) electrons. The van der Waals surface area contributed by atoms with Gasteiger partial charge in [-0.3, -0.25) is 9.59 Å². The highest BCUT2D eigenvalue weighted by molar-refractivity contribution is 6.03. The summed E-state index contributed by atoms with van der Waals surface area (Å²) in [4.78, 5) is 26.6. The highest BCUT2D eigenvalue weighted by atomic mass is 16.5. The average molecular weight is 386 g/mol. The molecule has 3 aromatic rings. The van der Waals surface area contributed by atoms with Crippen LogP contribution in [0.15, 0.2) is 78.9 Å². The van der Waals surface area contributed by atoms with Crippen LogP contribution in [0.3, 0.4) is 0 Å². The number of carbonyl (C=O) groups excluding carboxylic acids is 2. The van der Waals surface area contributed by atoms with Gasteiger partial charge in [0.1, 0.15) is 11.5 Å². The Morgan fingerprint density at radius 3 is 2.38 bits per heavy atom. The van der Waals surface area contributed by atoms with Crippen molar-refractivity contribution < 1.29 is 14.3 Å². The Kier molecular flexibility index (Phi) is 5.29. The van der Waals surface area contributed by atoms with Gasteiger partial charge in [-0.05, 0) is 55.0 Å². The first-order valence-electron chi connectivity index (χ1n) is 9.60. The van der Waals surface area contributed by atoms with E-state index in [1.165, 1.54) is 0 Å². The third-order valence-corrected chi connectivity index (χ3v) is 5.01. The zero-order chi connectivity index (χ0) is 20.2. The van der Waals surface area contributed by atoms with Crippen molar-refractivity contribution in [3.63, 3.8) is 0 Å². The number of benzene rings is 3. The van der Waals surface area contributed by atoms with Crippen LogP contribution in [0.1, 0.15) is 12.0 Å². The van der Waals surface area contributed by atoms with Crippen molar-refractivity contribution in [1.29, 1.82) is 0 Å². The molecule has 4 rings (SSSR count). The van der Waals surface area contributed by atoms with Gasteiger partial charge in [0.15, 0.2) is 0 Å². The molecule has 1 fully saturated rings. The molecule has 0 aliphatic carbocycles. The van der Waals surface area contributed by atoms with E-state index in [0.29, 0.717) is 18.0 Å². The topological polar surface area (TPSA) is 58.6 Å². The third kappa shape index (κ3) is 4.29. The molecule has 0 saturated carbocycles. The summed E-state index contributed by atoms with van der Waals surface area (Å²) in [6, 6.07) is 24.5. The van der Waals surface area contributed by atoms with Crippen LogP contribution in [0.2, 0.25) is 0 Å². The first-order valence-corrected chi connectivity index (χ1v) is 9.60. The Morgan fingerprint density at radius 1 is 0.966 bits per heavy atom. The van der Waals surface area contributed by atoms with Gasteiger partial charge in [0, 0.05) is 24.3 Å². The normalized spacial score (nSPS) is 16.0. The monoisotopic (exact) mass is 386 g/mol. The van der Waals surface area contributed by atoms with Crippen molar-refractivity contribution in [1.82, 2.24) is 0 Å². The lowest BCUT2D eigenvalue weighted by Gasteiger charge is -2.16. The third-order valence-electron chi connectivity index (χ3n) is 5.01. The van der Waals surface area contributed by atoms with E-state index in [0.717, 1.165) is 17.0 Å². The predicted octanol–water partition coefficient (Wildman–Crippen LogP) is 4.78. The van der Waals surface area contributed by atoms with Crippen LogP contribution in [0.5, 0.6) is 11.5 Å². The summed E-state index contributed by atoms with van der Waals surface area (Å²) in [6.45, 7) is 2.38. The standard InChI is InChI=1S/C24H22N2O3/c1-17-7-5-6-10-22(17)29-21-13-11-19(12-14-21)25-24(28)18-15-23(27)26(16-18)20-8-3-2-4-9-20/h2-14,18H,15-16H2,1H3,(H,25,28)/t18-/m1/s1. The molecule has 1 saturated heterocycles. The van der Waals surface area contributed by atoms with Crippen molar-refractivity contribution in [2.75, 3.05) is 16.8 Å². The number of ether oxygens (including phenoxy) is 1. The number of hydrogen-bond acceptors (Lipinski definition) is 3. The molecule has 0 unspecified atom stereocenters. The Balaban J connectivity index is 1.37. The summed E-state index contributed by atoms with van der Waals surface area (Å²) in [7, 11) is 0. The first-order chi connectivity index (χ1) is 14.1. The van der Waals surface area contributed by atoms with Crippen LogP contribution >= 0.6 is 0 Å². The summed E-state index contributed by atoms with van der Waals surface area (Å²) in [5.41, 5.74) is 2.56. The minimum absolute atomic E-state index is 0.0293. The summed E-state index contributed by atoms with van der Waals surface area (Å²) < 4.78 is 5.88. The Labute approximate surface area is 169 Å². The fourth-order valence-electron chi connectivity index (χ4n) is 3.39. The van der Waals surface area contributed by atoms with Crippen LogP contribution in [0, 0.1) is 12.8 Å². The number of anilines is 2. The van der Waals surface area contributed by atoms with Crippen molar-refractivity contribution in [2.45, 2.75) is 13.3 Å². The van der Waals surface area contributed by atoms with Gasteiger partial charge in [-0.1, -0.05) is 36.4 Å². The minimum atomic E-state index is -0.370. The van der Waals surface area contributed by atoms with Gasteiger partial charge >= 0.3 is 0 Å². The maximum absolute atomic E-state index is 12.6. The zero-order valence-corrected chi connectivity index (χ0v) is 16.2. The molecule has 5 nitrogen and oxygen atoms in total. The molecule has 1 N–H and O–H groups in total. The lowest BCUT2D eigenvalue weighted by atomic mass is 10.1. The van der Waals surface area contributed by atoms with Gasteiger partial charge in [-0.25, -0.2) is 0 Å². The van der Waals surface area contributed by atoms with Crippen molar-refractivity contribution in [2.24, 2.45) is 5.92 Å². The van der Waals surface area contributed by atoms with Crippen molar-refractivity contribution in [3.8, 4) is 11.5 Å². The molecular formula is C24H22N2O3. The lowest BCUT2D eigenvalue weighted by Crippen LogP contribution is -2.28. The van der Waals surface area contributed by atoms with Crippen molar-refractivity contribution in [3.05, 3.63) is 84.4 Å². The minimum Gasteiger partial charge on any atom is -0.457 e. The van der Waals surface area contributed by atoms with E-state index in [9.17, 15) is 9.59 Å². The summed E-state index contributed by atoms with van der Waals surface area (Å²) in [5, 5.41) is 2.91. The number of para-hydroxylation sites is 2. The quantitative estimate of drug-likeness (QED) is 0.687. The molecule has 1 heterocycles. The molecule has 1 aliphatic rings. The molecule has 29 heavy (non-hydrogen) atoms. The second-order valence-electron chi connectivity index (χ2n) is 7.12. The summed E-state index contributed by atoms with van der Waals surface area (Å²) >= 11 is 0. The van der Waals surface area contributed by atoms with Crippen molar-refractivity contribution >= 4 is 23.2 Å². The van der Waals surface area contributed by atoms with Gasteiger partial charge < -0.3 is 15.0 Å². The average Bonchev–Trinajstić information content (AvgIpc) is 3.14. The van der Waals surface area contributed by atoms with E-state index < -0.39 is 0 Å². The van der Waals surface area contributed by atoms with Gasteiger partial charge in [0.25, 0.3) is 0 Å². The van der Waals surface area contributed by atoms with Crippen LogP contribution in [0.25, 0.3) is 0 Å². The highest BCUT2D eigenvalue weighted by Gasteiger charge is 2.35. The predicted molar refractivity (Wildman–Crippen MR) is 113 cm³/mol. The van der Waals surface area contributed by atoms with Crippen LogP contribution in [-0.2, 0) is 9.59 Å². The number of carbonyl (C=O) groups is 2.